The normalized spacial score (nSPS) is 11.4. The molecule has 3 nitrogen and oxygen atoms in total. The number of pyridine rings is 1. The van der Waals surface area contributed by atoms with Crippen LogP contribution >= 0.6 is 11.3 Å². The van der Waals surface area contributed by atoms with Gasteiger partial charge >= 0.3 is 5.97 Å². The number of rotatable bonds is 5. The van der Waals surface area contributed by atoms with Crippen molar-refractivity contribution in [1.82, 2.24) is 4.98 Å². The van der Waals surface area contributed by atoms with E-state index in [2.05, 4.69) is 13.8 Å². The first-order valence-electron chi connectivity index (χ1n) is 9.27. The van der Waals surface area contributed by atoms with E-state index >= 15 is 0 Å². The molecule has 0 bridgehead atoms. The van der Waals surface area contributed by atoms with Crippen molar-refractivity contribution in [3.05, 3.63) is 51.8 Å². The van der Waals surface area contributed by atoms with Gasteiger partial charge in [0.05, 0.1) is 17.9 Å². The maximum Gasteiger partial charge on any atom is 0.340 e. The fraction of sp³-hybridized carbons (Fsp3) is 0.364. The number of benzene rings is 1. The number of esters is 1. The summed E-state index contributed by atoms with van der Waals surface area (Å²) >= 11 is 1.64. The summed E-state index contributed by atoms with van der Waals surface area (Å²) in [5, 5.41) is 0.985. The molecule has 27 heavy (non-hydrogen) atoms. The summed E-state index contributed by atoms with van der Waals surface area (Å²) in [6, 6.07) is 6.31. The minimum absolute atomic E-state index is 0.0560. The van der Waals surface area contributed by atoms with Crippen LogP contribution in [0.3, 0.4) is 0 Å². The highest BCUT2D eigenvalue weighted by atomic mass is 32.1. The van der Waals surface area contributed by atoms with Crippen molar-refractivity contribution in [3.63, 3.8) is 0 Å². The Bertz CT molecular complexity index is 990. The van der Waals surface area contributed by atoms with Crippen LogP contribution < -0.4 is 0 Å². The molecule has 0 aliphatic carbocycles. The van der Waals surface area contributed by atoms with Crippen LogP contribution in [0.2, 0.25) is 0 Å². The molecule has 0 N–H and O–H groups in total. The Morgan fingerprint density at radius 2 is 1.89 bits per heavy atom. The maximum absolute atomic E-state index is 13.6. The summed E-state index contributed by atoms with van der Waals surface area (Å²) in [5.41, 5.74) is 4.02. The van der Waals surface area contributed by atoms with Gasteiger partial charge in [-0.25, -0.2) is 14.2 Å². The Labute approximate surface area is 163 Å². The lowest BCUT2D eigenvalue weighted by Gasteiger charge is -2.18. The zero-order valence-corrected chi connectivity index (χ0v) is 17.2. The summed E-state index contributed by atoms with van der Waals surface area (Å²) in [4.78, 5) is 19.9. The quantitative estimate of drug-likeness (QED) is 0.486. The number of ether oxygens (including phenoxy) is 1. The molecule has 0 saturated heterocycles. The van der Waals surface area contributed by atoms with Crippen LogP contribution in [0.1, 0.15) is 60.1 Å². The van der Waals surface area contributed by atoms with Gasteiger partial charge in [0, 0.05) is 15.8 Å². The number of nitrogens with zero attached hydrogens (tertiary/aromatic N) is 1. The molecule has 5 heteroatoms. The predicted molar refractivity (Wildman–Crippen MR) is 109 cm³/mol. The average Bonchev–Trinajstić information content (AvgIpc) is 2.95. The van der Waals surface area contributed by atoms with Gasteiger partial charge in [0.2, 0.25) is 0 Å². The molecule has 2 aromatic heterocycles. The van der Waals surface area contributed by atoms with Crippen LogP contribution in [0.4, 0.5) is 4.39 Å². The predicted octanol–water partition coefficient (Wildman–Crippen LogP) is 6.27. The van der Waals surface area contributed by atoms with E-state index in [1.54, 1.807) is 30.4 Å². The summed E-state index contributed by atoms with van der Waals surface area (Å²) in [7, 11) is 0. The molecule has 142 valence electrons. The van der Waals surface area contributed by atoms with E-state index in [0.717, 1.165) is 33.5 Å². The number of aromatic nitrogens is 1. The second-order valence-electron chi connectivity index (χ2n) is 6.80. The monoisotopic (exact) mass is 385 g/mol. The Kier molecular flexibility index (Phi) is 5.61. The van der Waals surface area contributed by atoms with Crippen LogP contribution in [0.15, 0.2) is 24.3 Å². The van der Waals surface area contributed by atoms with Gasteiger partial charge in [-0.3, -0.25) is 0 Å². The van der Waals surface area contributed by atoms with Gasteiger partial charge in [0.1, 0.15) is 10.6 Å². The van der Waals surface area contributed by atoms with Gasteiger partial charge < -0.3 is 4.74 Å². The molecule has 0 spiro atoms. The van der Waals surface area contributed by atoms with Gasteiger partial charge in [-0.2, -0.15) is 0 Å². The van der Waals surface area contributed by atoms with E-state index < -0.39 is 0 Å². The number of aryl methyl sites for hydroxylation is 2. The van der Waals surface area contributed by atoms with E-state index in [-0.39, 0.29) is 17.7 Å². The van der Waals surface area contributed by atoms with E-state index in [0.29, 0.717) is 12.2 Å². The van der Waals surface area contributed by atoms with E-state index in [1.165, 1.54) is 22.6 Å². The van der Waals surface area contributed by atoms with Crippen molar-refractivity contribution in [2.75, 3.05) is 6.61 Å². The van der Waals surface area contributed by atoms with Crippen LogP contribution in [-0.4, -0.2) is 17.6 Å². The van der Waals surface area contributed by atoms with E-state index in [4.69, 9.17) is 9.72 Å². The summed E-state index contributed by atoms with van der Waals surface area (Å²) in [6.45, 7) is 10.3. The molecule has 0 aliphatic heterocycles. The summed E-state index contributed by atoms with van der Waals surface area (Å²) < 4.78 is 18.9. The second kappa shape index (κ2) is 7.77. The largest absolute Gasteiger partial charge is 0.462 e. The zero-order valence-electron chi connectivity index (χ0n) is 16.4. The molecule has 2 heterocycles. The molecular weight excluding hydrogens is 361 g/mol. The molecule has 0 fully saturated rings. The zero-order chi connectivity index (χ0) is 19.7. The molecule has 0 amide bonds. The molecule has 0 unspecified atom stereocenters. The van der Waals surface area contributed by atoms with Crippen LogP contribution in [0.25, 0.3) is 21.3 Å². The Hall–Kier alpha value is -2.27. The Morgan fingerprint density at radius 3 is 2.44 bits per heavy atom. The molecular formula is C22H24FNO2S. The molecule has 0 saturated carbocycles. The number of carbonyl (C=O) groups is 1. The fourth-order valence-electron chi connectivity index (χ4n) is 3.48. The summed E-state index contributed by atoms with van der Waals surface area (Å²) in [6.07, 6.45) is 0.838. The van der Waals surface area contributed by atoms with Crippen LogP contribution in [-0.2, 0) is 11.2 Å². The van der Waals surface area contributed by atoms with Gasteiger partial charge in [-0.05, 0) is 49.4 Å². The third-order valence-electron chi connectivity index (χ3n) is 4.68. The van der Waals surface area contributed by atoms with Crippen molar-refractivity contribution in [3.8, 4) is 11.1 Å². The first-order valence-corrected chi connectivity index (χ1v) is 10.1. The summed E-state index contributed by atoms with van der Waals surface area (Å²) in [5.74, 6) is -0.621. The van der Waals surface area contributed by atoms with Crippen LogP contribution in [0.5, 0.6) is 0 Å². The van der Waals surface area contributed by atoms with Gasteiger partial charge in [0.15, 0.2) is 0 Å². The third-order valence-corrected chi connectivity index (χ3v) is 5.72. The Morgan fingerprint density at radius 1 is 1.22 bits per heavy atom. The van der Waals surface area contributed by atoms with Gasteiger partial charge in [-0.15, -0.1) is 11.3 Å². The van der Waals surface area contributed by atoms with Gasteiger partial charge in [0.25, 0.3) is 0 Å². The molecule has 0 atom stereocenters. The smallest absolute Gasteiger partial charge is 0.340 e. The number of thiophene rings is 1. The lowest BCUT2D eigenvalue weighted by atomic mass is 9.90. The lowest BCUT2D eigenvalue weighted by molar-refractivity contribution is 0.0525. The number of hydrogen-bond acceptors (Lipinski definition) is 4. The first kappa shape index (κ1) is 19.5. The van der Waals surface area contributed by atoms with E-state index in [9.17, 15) is 9.18 Å². The number of halogens is 1. The minimum Gasteiger partial charge on any atom is -0.462 e. The number of carbonyl (C=O) groups excluding carboxylic acids is 1. The molecule has 3 aromatic rings. The van der Waals surface area contributed by atoms with Crippen molar-refractivity contribution in [2.24, 2.45) is 0 Å². The highest BCUT2D eigenvalue weighted by Gasteiger charge is 2.27. The molecule has 0 aliphatic rings. The van der Waals surface area contributed by atoms with Crippen molar-refractivity contribution >= 4 is 27.5 Å². The van der Waals surface area contributed by atoms with Crippen LogP contribution in [0, 0.1) is 12.7 Å². The minimum atomic E-state index is -0.374. The highest BCUT2D eigenvalue weighted by molar-refractivity contribution is 7.18. The van der Waals surface area contributed by atoms with Crippen molar-refractivity contribution in [1.29, 1.82) is 0 Å². The molecule has 1 aromatic carbocycles. The maximum atomic E-state index is 13.6. The van der Waals surface area contributed by atoms with Crippen molar-refractivity contribution < 1.29 is 13.9 Å². The van der Waals surface area contributed by atoms with E-state index in [1.807, 2.05) is 13.8 Å². The average molecular weight is 386 g/mol. The topological polar surface area (TPSA) is 39.2 Å². The Balaban J connectivity index is 2.50. The molecule has 3 rings (SSSR count). The number of hydrogen-bond donors (Lipinski definition) is 0. The third kappa shape index (κ3) is 3.48. The number of fused-ring (bicyclic) bond motifs is 1. The standard InChI is InChI=1S/C22H24FNO2S/c1-6-16-13(5)27-21-18(16)17(14-8-10-15(23)11-9-14)19(22(25)26-7-2)20(24-21)12(3)4/h8-12H,6-7H2,1-5H3. The highest BCUT2D eigenvalue weighted by Crippen LogP contribution is 2.42. The fourth-order valence-corrected chi connectivity index (χ4v) is 4.61. The first-order chi connectivity index (χ1) is 12.9. The molecule has 0 radical (unpaired) electrons. The SMILES string of the molecule is CCOC(=O)c1c(C(C)C)nc2sc(C)c(CC)c2c1-c1ccc(F)cc1. The van der Waals surface area contributed by atoms with Crippen molar-refractivity contribution in [2.45, 2.75) is 47.0 Å². The second-order valence-corrected chi connectivity index (χ2v) is 8.00. The lowest BCUT2D eigenvalue weighted by Crippen LogP contribution is -2.13. The van der Waals surface area contributed by atoms with Gasteiger partial charge in [-0.1, -0.05) is 32.9 Å².